The van der Waals surface area contributed by atoms with E-state index >= 15 is 0 Å². The summed E-state index contributed by atoms with van der Waals surface area (Å²) in [6.07, 6.45) is 4.21. The molecule has 0 spiro atoms. The zero-order valence-electron chi connectivity index (χ0n) is 22.1. The summed E-state index contributed by atoms with van der Waals surface area (Å²) < 4.78 is 12.1. The van der Waals surface area contributed by atoms with E-state index in [1.165, 1.54) is 11.3 Å². The third kappa shape index (κ3) is 4.27. The van der Waals surface area contributed by atoms with Gasteiger partial charge in [0.25, 0.3) is 5.91 Å². The summed E-state index contributed by atoms with van der Waals surface area (Å²) in [5, 5.41) is 14.2. The summed E-state index contributed by atoms with van der Waals surface area (Å²) >= 11 is 1.46. The van der Waals surface area contributed by atoms with Crippen LogP contribution in [-0.2, 0) is 0 Å². The number of carbonyl (C=O) groups is 1. The van der Waals surface area contributed by atoms with Gasteiger partial charge in [0.15, 0.2) is 11.5 Å². The van der Waals surface area contributed by atoms with Crippen molar-refractivity contribution in [2.24, 2.45) is 0 Å². The molecule has 6 nitrogen and oxygen atoms in total. The summed E-state index contributed by atoms with van der Waals surface area (Å²) in [7, 11) is 1.55. The molecule has 2 aromatic carbocycles. The van der Waals surface area contributed by atoms with Gasteiger partial charge in [0, 0.05) is 40.3 Å². The van der Waals surface area contributed by atoms with Gasteiger partial charge in [0.05, 0.1) is 23.1 Å². The van der Waals surface area contributed by atoms with E-state index in [2.05, 4.69) is 44.3 Å². The first kappa shape index (κ1) is 25.0. The number of ether oxygens (including phenoxy) is 2. The van der Waals surface area contributed by atoms with Crippen LogP contribution in [0.1, 0.15) is 60.3 Å². The van der Waals surface area contributed by atoms with Crippen molar-refractivity contribution in [2.45, 2.75) is 40.2 Å². The maximum Gasteiger partial charge on any atom is 0.263 e. The van der Waals surface area contributed by atoms with Crippen LogP contribution in [0.2, 0.25) is 0 Å². The zero-order chi connectivity index (χ0) is 26.5. The first-order chi connectivity index (χ1) is 17.7. The molecule has 0 saturated heterocycles. The standard InChI is InChI=1S/C30H32N2O4S/c1-7-32(8-2)29(34)24-14-9-18(37-24)15-23-26-19(27-22(36-23)13-12-21(33)28(27)35-6)10-11-20-25(26)17(3)16-30(4,5)31-20/h9-16,31,33H,7-8H2,1-6H3. The SMILES string of the molecule is CCN(CC)C(=O)c1ccc(C=C2Oc3ccc(O)c(OC)c3-c3ccc4c(c32)C(C)=CC(C)(C)N4)s1. The molecule has 0 radical (unpaired) electrons. The Labute approximate surface area is 221 Å². The van der Waals surface area contributed by atoms with E-state index in [-0.39, 0.29) is 17.2 Å². The van der Waals surface area contributed by atoms with E-state index in [1.54, 1.807) is 19.2 Å². The van der Waals surface area contributed by atoms with Crippen LogP contribution in [0.5, 0.6) is 17.2 Å². The van der Waals surface area contributed by atoms with Crippen molar-refractivity contribution in [3.63, 3.8) is 0 Å². The molecule has 1 amide bonds. The Balaban J connectivity index is 1.71. The van der Waals surface area contributed by atoms with Crippen LogP contribution in [0.25, 0.3) is 28.5 Å². The van der Waals surface area contributed by atoms with Gasteiger partial charge >= 0.3 is 0 Å². The zero-order valence-corrected chi connectivity index (χ0v) is 22.9. The average molecular weight is 517 g/mol. The first-order valence-electron chi connectivity index (χ1n) is 12.5. The molecule has 7 heteroatoms. The van der Waals surface area contributed by atoms with Crippen LogP contribution in [-0.4, -0.2) is 41.7 Å². The fraction of sp³-hybridized carbons (Fsp3) is 0.300. The van der Waals surface area contributed by atoms with Gasteiger partial charge < -0.3 is 24.8 Å². The number of amides is 1. The molecule has 1 aromatic heterocycles. The molecular weight excluding hydrogens is 484 g/mol. The highest BCUT2D eigenvalue weighted by molar-refractivity contribution is 7.14. The number of phenolic OH excluding ortho intramolecular Hbond substituents is 1. The summed E-state index contributed by atoms with van der Waals surface area (Å²) in [6.45, 7) is 11.7. The summed E-state index contributed by atoms with van der Waals surface area (Å²) in [5.41, 5.74) is 5.58. The van der Waals surface area contributed by atoms with Crippen LogP contribution in [0, 0.1) is 0 Å². The smallest absolute Gasteiger partial charge is 0.263 e. The topological polar surface area (TPSA) is 71.0 Å². The number of allylic oxidation sites excluding steroid dienone is 1. The molecule has 37 heavy (non-hydrogen) atoms. The van der Waals surface area contributed by atoms with Crippen molar-refractivity contribution in [2.75, 3.05) is 25.5 Å². The fourth-order valence-corrected chi connectivity index (χ4v) is 6.20. The number of anilines is 1. The van der Waals surface area contributed by atoms with Crippen molar-refractivity contribution in [3.8, 4) is 28.4 Å². The molecule has 0 aliphatic carbocycles. The molecule has 0 saturated carbocycles. The molecule has 2 aliphatic heterocycles. The molecule has 3 heterocycles. The lowest BCUT2D eigenvalue weighted by atomic mass is 9.83. The van der Waals surface area contributed by atoms with Gasteiger partial charge in [-0.3, -0.25) is 4.79 Å². The predicted octanol–water partition coefficient (Wildman–Crippen LogP) is 7.11. The van der Waals surface area contributed by atoms with Crippen LogP contribution in [0.15, 0.2) is 42.5 Å². The van der Waals surface area contributed by atoms with E-state index in [4.69, 9.17) is 9.47 Å². The third-order valence-electron chi connectivity index (χ3n) is 6.83. The Kier molecular flexibility index (Phi) is 6.28. The number of aromatic hydroxyl groups is 1. The van der Waals surface area contributed by atoms with Gasteiger partial charge in [0.2, 0.25) is 0 Å². The van der Waals surface area contributed by atoms with E-state index in [0.29, 0.717) is 35.2 Å². The molecule has 0 fully saturated rings. The van der Waals surface area contributed by atoms with Crippen molar-refractivity contribution >= 4 is 40.3 Å². The number of nitrogens with zero attached hydrogens (tertiary/aromatic N) is 1. The van der Waals surface area contributed by atoms with Crippen molar-refractivity contribution < 1.29 is 19.4 Å². The van der Waals surface area contributed by atoms with Crippen molar-refractivity contribution in [3.05, 3.63) is 63.4 Å². The lowest BCUT2D eigenvalue weighted by molar-refractivity contribution is 0.0778. The number of phenols is 1. The van der Waals surface area contributed by atoms with Gasteiger partial charge in [-0.05, 0) is 76.6 Å². The first-order valence-corrected chi connectivity index (χ1v) is 13.3. The average Bonchev–Trinajstić information content (AvgIpc) is 3.32. The number of fused-ring (bicyclic) bond motifs is 5. The lowest BCUT2D eigenvalue weighted by Crippen LogP contribution is -2.32. The number of hydrogen-bond acceptors (Lipinski definition) is 6. The summed E-state index contributed by atoms with van der Waals surface area (Å²) in [4.78, 5) is 16.4. The van der Waals surface area contributed by atoms with Crippen molar-refractivity contribution in [1.29, 1.82) is 0 Å². The molecule has 192 valence electrons. The second kappa shape index (κ2) is 9.30. The molecule has 0 bridgehead atoms. The lowest BCUT2D eigenvalue weighted by Gasteiger charge is -2.35. The van der Waals surface area contributed by atoms with Crippen LogP contribution in [0.4, 0.5) is 5.69 Å². The van der Waals surface area contributed by atoms with Crippen LogP contribution in [0.3, 0.4) is 0 Å². The third-order valence-corrected chi connectivity index (χ3v) is 7.85. The Morgan fingerprint density at radius 2 is 1.86 bits per heavy atom. The van der Waals surface area contributed by atoms with Gasteiger partial charge in [-0.2, -0.15) is 0 Å². The number of thiophene rings is 1. The van der Waals surface area contributed by atoms with Crippen molar-refractivity contribution in [1.82, 2.24) is 4.90 Å². The molecule has 0 atom stereocenters. The molecule has 5 rings (SSSR count). The minimum Gasteiger partial charge on any atom is -0.504 e. The molecular formula is C30H32N2O4S. The Morgan fingerprint density at radius 1 is 1.11 bits per heavy atom. The molecule has 0 unspecified atom stereocenters. The quantitative estimate of drug-likeness (QED) is 0.378. The summed E-state index contributed by atoms with van der Waals surface area (Å²) in [6, 6.07) is 11.3. The fourth-order valence-electron chi connectivity index (χ4n) is 5.29. The second-order valence-electron chi connectivity index (χ2n) is 9.87. The Morgan fingerprint density at radius 3 is 2.57 bits per heavy atom. The minimum absolute atomic E-state index is 0.0396. The predicted molar refractivity (Wildman–Crippen MR) is 152 cm³/mol. The largest absolute Gasteiger partial charge is 0.504 e. The number of hydrogen-bond donors (Lipinski definition) is 2. The highest BCUT2D eigenvalue weighted by Crippen LogP contribution is 2.54. The Bertz CT molecular complexity index is 1460. The maximum atomic E-state index is 12.9. The number of carbonyl (C=O) groups excluding carboxylic acids is 1. The second-order valence-corrected chi connectivity index (χ2v) is 11.0. The maximum absolute atomic E-state index is 12.9. The monoisotopic (exact) mass is 516 g/mol. The Hall–Kier alpha value is -3.71. The summed E-state index contributed by atoms with van der Waals surface area (Å²) in [5.74, 6) is 1.77. The number of nitrogens with one attached hydrogen (secondary N) is 1. The van der Waals surface area contributed by atoms with Gasteiger partial charge in [-0.25, -0.2) is 0 Å². The molecule has 2 N–H and O–H groups in total. The normalized spacial score (nSPS) is 16.1. The minimum atomic E-state index is -0.188. The highest BCUT2D eigenvalue weighted by atomic mass is 32.1. The molecule has 3 aromatic rings. The van der Waals surface area contributed by atoms with Gasteiger partial charge in [-0.15, -0.1) is 11.3 Å². The number of methoxy groups -OCH3 is 1. The van der Waals surface area contributed by atoms with Gasteiger partial charge in [-0.1, -0.05) is 12.1 Å². The van der Waals surface area contributed by atoms with E-state index in [0.717, 1.165) is 38.4 Å². The number of benzene rings is 2. The van der Waals surface area contributed by atoms with Crippen LogP contribution >= 0.6 is 11.3 Å². The van der Waals surface area contributed by atoms with E-state index < -0.39 is 0 Å². The molecule has 2 aliphatic rings. The number of rotatable bonds is 5. The highest BCUT2D eigenvalue weighted by Gasteiger charge is 2.33. The van der Waals surface area contributed by atoms with Crippen LogP contribution < -0.4 is 14.8 Å². The van der Waals surface area contributed by atoms with Gasteiger partial charge in [0.1, 0.15) is 11.5 Å². The van der Waals surface area contributed by atoms with E-state index in [9.17, 15) is 9.90 Å². The van der Waals surface area contributed by atoms with E-state index in [1.807, 2.05) is 37.0 Å².